The molecule has 2 rings (SSSR count). The van der Waals surface area contributed by atoms with Crippen LogP contribution in [0, 0.1) is 0 Å². The Morgan fingerprint density at radius 3 is 2.95 bits per heavy atom. The zero-order valence-electron chi connectivity index (χ0n) is 11.1. The lowest BCUT2D eigenvalue weighted by Gasteiger charge is -2.21. The van der Waals surface area contributed by atoms with E-state index in [2.05, 4.69) is 25.8 Å². The number of amides is 1. The van der Waals surface area contributed by atoms with Crippen LogP contribution in [0.4, 0.5) is 0 Å². The summed E-state index contributed by atoms with van der Waals surface area (Å²) < 4.78 is 0.738. The Labute approximate surface area is 131 Å². The molecule has 0 saturated carbocycles. The Balaban J connectivity index is 2.07. The van der Waals surface area contributed by atoms with Gasteiger partial charge >= 0.3 is 0 Å². The van der Waals surface area contributed by atoms with Gasteiger partial charge in [0.05, 0.1) is 12.2 Å². The maximum absolute atomic E-state index is 12.5. The maximum atomic E-state index is 12.5. The molecule has 20 heavy (non-hydrogen) atoms. The van der Waals surface area contributed by atoms with Crippen molar-refractivity contribution in [2.75, 3.05) is 39.3 Å². The lowest BCUT2D eigenvalue weighted by Crippen LogP contribution is -2.36. The number of aliphatic hydroxyl groups is 1. The first-order chi connectivity index (χ1) is 9.61. The van der Waals surface area contributed by atoms with E-state index in [0.29, 0.717) is 25.2 Å². The quantitative estimate of drug-likeness (QED) is 0.831. The molecule has 1 saturated heterocycles. The van der Waals surface area contributed by atoms with Crippen molar-refractivity contribution in [3.63, 3.8) is 0 Å². The van der Waals surface area contributed by atoms with Crippen molar-refractivity contribution in [2.24, 2.45) is 0 Å². The van der Waals surface area contributed by atoms with Crippen LogP contribution in [-0.2, 0) is 0 Å². The van der Waals surface area contributed by atoms with Crippen molar-refractivity contribution in [1.82, 2.24) is 14.8 Å². The summed E-state index contributed by atoms with van der Waals surface area (Å²) in [7, 11) is 0. The normalized spacial score (nSPS) is 17.1. The van der Waals surface area contributed by atoms with E-state index >= 15 is 0 Å². The van der Waals surface area contributed by atoms with Crippen LogP contribution in [-0.4, -0.2) is 65.1 Å². The van der Waals surface area contributed by atoms with Gasteiger partial charge in [0.2, 0.25) is 0 Å². The number of rotatable bonds is 3. The number of halogens is 2. The molecule has 1 aliphatic rings. The van der Waals surface area contributed by atoms with E-state index in [-0.39, 0.29) is 17.7 Å². The highest BCUT2D eigenvalue weighted by Crippen LogP contribution is 2.20. The minimum absolute atomic E-state index is 0.0883. The standard InChI is InChI=1S/C13H17BrClN3O2/c14-10-8-11(12(15)16-9-10)13(20)18-3-1-2-17(4-5-18)6-7-19/h8-9,19H,1-7H2. The molecule has 0 unspecified atom stereocenters. The summed E-state index contributed by atoms with van der Waals surface area (Å²) in [5, 5.41) is 9.21. The molecule has 5 nitrogen and oxygen atoms in total. The second-order valence-corrected chi connectivity index (χ2v) is 5.98. The zero-order valence-corrected chi connectivity index (χ0v) is 13.4. The number of pyridine rings is 1. The molecule has 1 amide bonds. The largest absolute Gasteiger partial charge is 0.395 e. The van der Waals surface area contributed by atoms with E-state index in [1.165, 1.54) is 0 Å². The number of hydrogen-bond acceptors (Lipinski definition) is 4. The molecule has 1 aromatic heterocycles. The van der Waals surface area contributed by atoms with E-state index in [4.69, 9.17) is 16.7 Å². The second-order valence-electron chi connectivity index (χ2n) is 4.70. The van der Waals surface area contributed by atoms with Crippen molar-refractivity contribution in [3.8, 4) is 0 Å². The van der Waals surface area contributed by atoms with Crippen LogP contribution in [0.25, 0.3) is 0 Å². The van der Waals surface area contributed by atoms with Gasteiger partial charge in [-0.3, -0.25) is 9.69 Å². The van der Waals surface area contributed by atoms with Crippen LogP contribution in [0.5, 0.6) is 0 Å². The number of carbonyl (C=O) groups is 1. The van der Waals surface area contributed by atoms with Crippen LogP contribution in [0.15, 0.2) is 16.7 Å². The Morgan fingerprint density at radius 2 is 2.20 bits per heavy atom. The van der Waals surface area contributed by atoms with Gasteiger partial charge in [-0.2, -0.15) is 0 Å². The van der Waals surface area contributed by atoms with Crippen LogP contribution in [0.2, 0.25) is 5.15 Å². The zero-order chi connectivity index (χ0) is 14.5. The van der Waals surface area contributed by atoms with E-state index in [1.807, 2.05) is 0 Å². The van der Waals surface area contributed by atoms with Crippen LogP contribution < -0.4 is 0 Å². The predicted octanol–water partition coefficient (Wildman–Crippen LogP) is 1.64. The summed E-state index contributed by atoms with van der Waals surface area (Å²) in [4.78, 5) is 20.5. The number of hydrogen-bond donors (Lipinski definition) is 1. The molecule has 0 aromatic carbocycles. The van der Waals surface area contributed by atoms with Gasteiger partial charge in [-0.05, 0) is 35.0 Å². The van der Waals surface area contributed by atoms with Gasteiger partial charge in [-0.15, -0.1) is 0 Å². The van der Waals surface area contributed by atoms with E-state index < -0.39 is 0 Å². The maximum Gasteiger partial charge on any atom is 0.257 e. The average molecular weight is 363 g/mol. The number of aromatic nitrogens is 1. The molecule has 1 N–H and O–H groups in total. The fourth-order valence-electron chi connectivity index (χ4n) is 2.28. The van der Waals surface area contributed by atoms with Crippen molar-refractivity contribution in [3.05, 3.63) is 27.5 Å². The fraction of sp³-hybridized carbons (Fsp3) is 0.538. The molecular formula is C13H17BrClN3O2. The van der Waals surface area contributed by atoms with Crippen molar-refractivity contribution < 1.29 is 9.90 Å². The number of nitrogens with zero attached hydrogens (tertiary/aromatic N) is 3. The molecule has 0 bridgehead atoms. The third-order valence-corrected chi connectivity index (χ3v) is 4.06. The summed E-state index contributed by atoms with van der Waals surface area (Å²) in [5.74, 6) is -0.0883. The van der Waals surface area contributed by atoms with Crippen LogP contribution in [0.3, 0.4) is 0 Å². The van der Waals surface area contributed by atoms with E-state index in [0.717, 1.165) is 24.0 Å². The molecule has 1 aliphatic heterocycles. The Hall–Kier alpha value is -0.690. The number of carbonyl (C=O) groups excluding carboxylic acids is 1. The SMILES string of the molecule is O=C(c1cc(Br)cnc1Cl)N1CCCN(CCO)CC1. The predicted molar refractivity (Wildman–Crippen MR) is 81.0 cm³/mol. The first-order valence-electron chi connectivity index (χ1n) is 6.55. The minimum atomic E-state index is -0.0883. The fourth-order valence-corrected chi connectivity index (χ4v) is 2.80. The lowest BCUT2D eigenvalue weighted by molar-refractivity contribution is 0.0760. The molecule has 0 radical (unpaired) electrons. The van der Waals surface area contributed by atoms with Gasteiger partial charge in [0.1, 0.15) is 5.15 Å². The summed E-state index contributed by atoms with van der Waals surface area (Å²) in [6.45, 7) is 3.81. The van der Waals surface area contributed by atoms with Gasteiger partial charge in [0, 0.05) is 36.8 Å². The van der Waals surface area contributed by atoms with Gasteiger partial charge in [0.15, 0.2) is 0 Å². The molecular weight excluding hydrogens is 346 g/mol. The monoisotopic (exact) mass is 361 g/mol. The molecule has 0 atom stereocenters. The van der Waals surface area contributed by atoms with Gasteiger partial charge in [-0.25, -0.2) is 4.98 Å². The molecule has 0 spiro atoms. The van der Waals surface area contributed by atoms with E-state index in [9.17, 15) is 4.79 Å². The molecule has 2 heterocycles. The molecule has 1 aromatic rings. The molecule has 1 fully saturated rings. The second kappa shape index (κ2) is 7.36. The highest BCUT2D eigenvalue weighted by Gasteiger charge is 2.22. The first kappa shape index (κ1) is 15.7. The number of β-amino-alcohol motifs (C(OH)–C–C–N with tert-alkyl or cyclic N) is 1. The molecule has 110 valence electrons. The lowest BCUT2D eigenvalue weighted by atomic mass is 10.2. The highest BCUT2D eigenvalue weighted by molar-refractivity contribution is 9.10. The highest BCUT2D eigenvalue weighted by atomic mass is 79.9. The topological polar surface area (TPSA) is 56.7 Å². The number of aliphatic hydroxyl groups excluding tert-OH is 1. The minimum Gasteiger partial charge on any atom is -0.395 e. The first-order valence-corrected chi connectivity index (χ1v) is 7.72. The Morgan fingerprint density at radius 1 is 1.40 bits per heavy atom. The third-order valence-electron chi connectivity index (χ3n) is 3.33. The van der Waals surface area contributed by atoms with Crippen LogP contribution >= 0.6 is 27.5 Å². The van der Waals surface area contributed by atoms with Gasteiger partial charge < -0.3 is 10.0 Å². The van der Waals surface area contributed by atoms with Gasteiger partial charge in [0.25, 0.3) is 5.91 Å². The molecule has 0 aliphatic carbocycles. The summed E-state index contributed by atoms with van der Waals surface area (Å²) >= 11 is 9.31. The molecule has 7 heteroatoms. The summed E-state index contributed by atoms with van der Waals surface area (Å²) in [5.41, 5.74) is 0.427. The Bertz CT molecular complexity index is 487. The van der Waals surface area contributed by atoms with Gasteiger partial charge in [-0.1, -0.05) is 11.6 Å². The summed E-state index contributed by atoms with van der Waals surface area (Å²) in [6, 6.07) is 1.70. The van der Waals surface area contributed by atoms with Crippen LogP contribution in [0.1, 0.15) is 16.8 Å². The van der Waals surface area contributed by atoms with Crippen molar-refractivity contribution in [1.29, 1.82) is 0 Å². The van der Waals surface area contributed by atoms with E-state index in [1.54, 1.807) is 17.2 Å². The van der Waals surface area contributed by atoms with Crippen molar-refractivity contribution >= 4 is 33.4 Å². The van der Waals surface area contributed by atoms with Crippen molar-refractivity contribution in [2.45, 2.75) is 6.42 Å². The summed E-state index contributed by atoms with van der Waals surface area (Å²) in [6.07, 6.45) is 2.47. The average Bonchev–Trinajstić information content (AvgIpc) is 2.67. The smallest absolute Gasteiger partial charge is 0.257 e. The third kappa shape index (κ3) is 3.91. The Kier molecular flexibility index (Phi) is 5.77.